The Morgan fingerprint density at radius 1 is 1.05 bits per heavy atom. The van der Waals surface area contributed by atoms with Crippen molar-refractivity contribution in [3.8, 4) is 5.75 Å². The summed E-state index contributed by atoms with van der Waals surface area (Å²) in [5.41, 5.74) is 2.04. The zero-order valence-electron chi connectivity index (χ0n) is 19.9. The number of carbonyl (C=O) groups is 3. The van der Waals surface area contributed by atoms with Crippen LogP contribution in [0.2, 0.25) is 0 Å². The van der Waals surface area contributed by atoms with Crippen LogP contribution < -0.4 is 10.1 Å². The van der Waals surface area contributed by atoms with Gasteiger partial charge in [0.1, 0.15) is 16.8 Å². The zero-order chi connectivity index (χ0) is 26.4. The minimum absolute atomic E-state index is 0.0916. The predicted octanol–water partition coefficient (Wildman–Crippen LogP) is 4.74. The molecule has 1 fully saturated rings. The molecule has 2 N–H and O–H groups in total. The van der Waals surface area contributed by atoms with Crippen LogP contribution in [0.5, 0.6) is 5.75 Å². The van der Waals surface area contributed by atoms with Crippen LogP contribution in [0.25, 0.3) is 0 Å². The number of rotatable bonds is 9. The van der Waals surface area contributed by atoms with E-state index in [1.165, 1.54) is 60.3 Å². The van der Waals surface area contributed by atoms with Gasteiger partial charge in [-0.05, 0) is 72.6 Å². The third-order valence-corrected chi connectivity index (χ3v) is 6.82. The van der Waals surface area contributed by atoms with Crippen molar-refractivity contribution in [2.75, 3.05) is 19.0 Å². The maximum absolute atomic E-state index is 13.3. The first-order chi connectivity index (χ1) is 17.8. The molecule has 1 aliphatic rings. The molecule has 1 heterocycles. The highest BCUT2D eigenvalue weighted by atomic mass is 32.2. The van der Waals surface area contributed by atoms with E-state index in [-0.39, 0.29) is 29.6 Å². The van der Waals surface area contributed by atoms with E-state index in [9.17, 15) is 18.8 Å². The number of amides is 2. The maximum Gasteiger partial charge on any atom is 0.335 e. The van der Waals surface area contributed by atoms with E-state index >= 15 is 0 Å². The topological polar surface area (TPSA) is 108 Å². The molecule has 1 aliphatic heterocycles. The van der Waals surface area contributed by atoms with E-state index in [1.54, 1.807) is 12.0 Å². The Morgan fingerprint density at radius 2 is 1.73 bits per heavy atom. The molecule has 3 aromatic rings. The fourth-order valence-corrected chi connectivity index (χ4v) is 4.85. The number of nitrogens with one attached hydrogen (secondary N) is 1. The maximum atomic E-state index is 13.3. The number of hydrogen-bond donors (Lipinski definition) is 2. The van der Waals surface area contributed by atoms with Crippen LogP contribution in [0.3, 0.4) is 0 Å². The van der Waals surface area contributed by atoms with Crippen LogP contribution >= 0.6 is 11.8 Å². The molecule has 3 aromatic carbocycles. The van der Waals surface area contributed by atoms with Crippen molar-refractivity contribution < 1.29 is 28.6 Å². The number of carboxylic acids is 1. The van der Waals surface area contributed by atoms with E-state index in [1.807, 2.05) is 24.3 Å². The second-order valence-electron chi connectivity index (χ2n) is 8.20. The van der Waals surface area contributed by atoms with E-state index in [0.717, 1.165) is 11.3 Å². The molecule has 0 spiro atoms. The van der Waals surface area contributed by atoms with Crippen LogP contribution in [0.4, 0.5) is 15.8 Å². The van der Waals surface area contributed by atoms with Crippen molar-refractivity contribution in [3.05, 3.63) is 89.7 Å². The first-order valence-corrected chi connectivity index (χ1v) is 12.3. The number of carbonyl (C=O) groups excluding carboxylic acids is 2. The molecule has 1 saturated heterocycles. The van der Waals surface area contributed by atoms with Gasteiger partial charge in [-0.1, -0.05) is 23.9 Å². The summed E-state index contributed by atoms with van der Waals surface area (Å²) in [6, 6.07) is 18.9. The smallest absolute Gasteiger partial charge is 0.335 e. The average molecular weight is 522 g/mol. The summed E-state index contributed by atoms with van der Waals surface area (Å²) in [4.78, 5) is 43.1. The standard InChI is InChI=1S/C27H24FN3O5S/c1-36-22-12-2-17(3-13-22)14-15-31-25(33)23(37-27(31)30-21-10-6-19(28)7-11-21)16-24(32)29-20-8-4-18(5-9-20)26(34)35/h2-13,23H,14-16H2,1H3,(H,29,32)(H,34,35). The van der Waals surface area contributed by atoms with Crippen molar-refractivity contribution in [2.24, 2.45) is 4.99 Å². The molecule has 190 valence electrons. The molecule has 0 saturated carbocycles. The van der Waals surface area contributed by atoms with Gasteiger partial charge in [0.2, 0.25) is 11.8 Å². The highest BCUT2D eigenvalue weighted by molar-refractivity contribution is 8.15. The summed E-state index contributed by atoms with van der Waals surface area (Å²) in [6.45, 7) is 0.354. The molecule has 10 heteroatoms. The largest absolute Gasteiger partial charge is 0.497 e. The Morgan fingerprint density at radius 3 is 2.35 bits per heavy atom. The molecule has 2 amide bonds. The summed E-state index contributed by atoms with van der Waals surface area (Å²) in [5, 5.41) is 11.5. The highest BCUT2D eigenvalue weighted by Crippen LogP contribution is 2.32. The monoisotopic (exact) mass is 521 g/mol. The fourth-order valence-electron chi connectivity index (χ4n) is 3.67. The van der Waals surface area contributed by atoms with Crippen LogP contribution in [0.1, 0.15) is 22.3 Å². The van der Waals surface area contributed by atoms with E-state index in [2.05, 4.69) is 10.3 Å². The quantitative estimate of drug-likeness (QED) is 0.421. The Balaban J connectivity index is 1.47. The predicted molar refractivity (Wildman–Crippen MR) is 140 cm³/mol. The van der Waals surface area contributed by atoms with E-state index < -0.39 is 11.2 Å². The van der Waals surface area contributed by atoms with Gasteiger partial charge in [0.05, 0.1) is 18.4 Å². The molecule has 37 heavy (non-hydrogen) atoms. The second kappa shape index (κ2) is 11.7. The molecular formula is C27H24FN3O5S. The van der Waals surface area contributed by atoms with Crippen molar-refractivity contribution in [3.63, 3.8) is 0 Å². The van der Waals surface area contributed by atoms with Crippen molar-refractivity contribution in [2.45, 2.75) is 18.1 Å². The number of anilines is 1. The normalized spacial score (nSPS) is 16.2. The van der Waals surface area contributed by atoms with Gasteiger partial charge in [-0.2, -0.15) is 0 Å². The number of benzene rings is 3. The van der Waals surface area contributed by atoms with Gasteiger partial charge in [0.25, 0.3) is 0 Å². The number of aliphatic imine (C=N–C) groups is 1. The second-order valence-corrected chi connectivity index (χ2v) is 9.37. The van der Waals surface area contributed by atoms with Crippen LogP contribution in [-0.4, -0.2) is 51.9 Å². The number of nitrogens with zero attached hydrogens (tertiary/aromatic N) is 2. The van der Waals surface area contributed by atoms with Gasteiger partial charge < -0.3 is 15.2 Å². The van der Waals surface area contributed by atoms with Crippen LogP contribution in [0, 0.1) is 5.82 Å². The molecule has 0 radical (unpaired) electrons. The first-order valence-electron chi connectivity index (χ1n) is 11.4. The SMILES string of the molecule is COc1ccc(CCN2C(=O)C(CC(=O)Nc3ccc(C(=O)O)cc3)SC2=Nc2ccc(F)cc2)cc1. The van der Waals surface area contributed by atoms with E-state index in [0.29, 0.717) is 29.5 Å². The third-order valence-electron chi connectivity index (χ3n) is 5.64. The molecule has 4 rings (SSSR count). The number of halogens is 1. The Hall–Kier alpha value is -4.18. The summed E-state index contributed by atoms with van der Waals surface area (Å²) < 4.78 is 18.5. The van der Waals surface area contributed by atoms with Gasteiger partial charge in [-0.25, -0.2) is 14.2 Å². The number of thioether (sulfide) groups is 1. The highest BCUT2D eigenvalue weighted by Gasteiger charge is 2.39. The molecule has 8 nitrogen and oxygen atoms in total. The first kappa shape index (κ1) is 25.9. The lowest BCUT2D eigenvalue weighted by atomic mass is 10.1. The van der Waals surface area contributed by atoms with Gasteiger partial charge in [-0.3, -0.25) is 14.5 Å². The van der Waals surface area contributed by atoms with Gasteiger partial charge >= 0.3 is 5.97 Å². The molecule has 1 atom stereocenters. The molecule has 1 unspecified atom stereocenters. The third kappa shape index (κ3) is 6.73. The molecule has 0 bridgehead atoms. The number of aromatic carboxylic acids is 1. The van der Waals surface area contributed by atoms with Crippen LogP contribution in [-0.2, 0) is 16.0 Å². The molecule has 0 aliphatic carbocycles. The Bertz CT molecular complexity index is 1310. The average Bonchev–Trinajstić information content (AvgIpc) is 3.18. The number of carboxylic acid groups (broad SMARTS) is 1. The molecular weight excluding hydrogens is 497 g/mol. The van der Waals surface area contributed by atoms with E-state index in [4.69, 9.17) is 9.84 Å². The van der Waals surface area contributed by atoms with Crippen LogP contribution in [0.15, 0.2) is 77.8 Å². The zero-order valence-corrected chi connectivity index (χ0v) is 20.7. The van der Waals surface area contributed by atoms with Gasteiger partial charge in [-0.15, -0.1) is 0 Å². The fraction of sp³-hybridized carbons (Fsp3) is 0.185. The lowest BCUT2D eigenvalue weighted by molar-refractivity contribution is -0.128. The number of ether oxygens (including phenoxy) is 1. The van der Waals surface area contributed by atoms with Crippen molar-refractivity contribution >= 4 is 46.1 Å². The lowest BCUT2D eigenvalue weighted by Gasteiger charge is -2.16. The molecule has 0 aromatic heterocycles. The number of methoxy groups -OCH3 is 1. The minimum Gasteiger partial charge on any atom is -0.497 e. The summed E-state index contributed by atoms with van der Waals surface area (Å²) in [6.07, 6.45) is 0.471. The Labute approximate surface area is 217 Å². The summed E-state index contributed by atoms with van der Waals surface area (Å²) in [5.74, 6) is -1.34. The minimum atomic E-state index is -1.06. The number of hydrogen-bond acceptors (Lipinski definition) is 6. The lowest BCUT2D eigenvalue weighted by Crippen LogP contribution is -2.35. The summed E-state index contributed by atoms with van der Waals surface area (Å²) in [7, 11) is 1.59. The van der Waals surface area contributed by atoms with Crippen molar-refractivity contribution in [1.82, 2.24) is 4.90 Å². The van der Waals surface area contributed by atoms with Gasteiger partial charge in [0.15, 0.2) is 5.17 Å². The number of amidine groups is 1. The van der Waals surface area contributed by atoms with Crippen molar-refractivity contribution in [1.29, 1.82) is 0 Å². The summed E-state index contributed by atoms with van der Waals surface area (Å²) >= 11 is 1.19. The van der Waals surface area contributed by atoms with Gasteiger partial charge in [0, 0.05) is 18.7 Å². The Kier molecular flexibility index (Phi) is 8.19.